The molecule has 3 nitrogen and oxygen atoms in total. The summed E-state index contributed by atoms with van der Waals surface area (Å²) in [5, 5.41) is 3.02. The van der Waals surface area contributed by atoms with Gasteiger partial charge in [-0.2, -0.15) is 0 Å². The van der Waals surface area contributed by atoms with Crippen LogP contribution in [0, 0.1) is 5.41 Å². The van der Waals surface area contributed by atoms with Crippen LogP contribution in [-0.2, 0) is 18.0 Å². The fraction of sp³-hybridized carbons (Fsp3) is 0.562. The molecule has 0 radical (unpaired) electrons. The van der Waals surface area contributed by atoms with Crippen LogP contribution in [0.3, 0.4) is 0 Å². The second-order valence-corrected chi connectivity index (χ2v) is 5.77. The third kappa shape index (κ3) is 3.15. The Balaban J connectivity index is 2.02. The molecule has 0 saturated heterocycles. The molecule has 4 heteroatoms. The SMILES string of the molecule is CCC(CC)(CCl)CNC(=O)c1ccc2c(c1)COC2. The fourth-order valence-electron chi connectivity index (χ4n) is 2.42. The highest BCUT2D eigenvalue weighted by Crippen LogP contribution is 2.27. The second kappa shape index (κ2) is 6.59. The lowest BCUT2D eigenvalue weighted by molar-refractivity contribution is 0.0931. The number of rotatable bonds is 6. The molecule has 1 aromatic carbocycles. The quantitative estimate of drug-likeness (QED) is 0.816. The maximum Gasteiger partial charge on any atom is 0.251 e. The summed E-state index contributed by atoms with van der Waals surface area (Å²) in [4.78, 5) is 12.2. The zero-order valence-corrected chi connectivity index (χ0v) is 12.9. The monoisotopic (exact) mass is 295 g/mol. The van der Waals surface area contributed by atoms with E-state index in [1.165, 1.54) is 5.56 Å². The molecule has 1 heterocycles. The Labute approximate surface area is 125 Å². The van der Waals surface area contributed by atoms with Gasteiger partial charge in [-0.05, 0) is 36.1 Å². The lowest BCUT2D eigenvalue weighted by Gasteiger charge is -2.29. The Kier molecular flexibility index (Phi) is 5.06. The third-order valence-electron chi connectivity index (χ3n) is 4.39. The molecular formula is C16H22ClNO2. The van der Waals surface area contributed by atoms with E-state index in [0.29, 0.717) is 31.2 Å². The van der Waals surface area contributed by atoms with Crippen molar-refractivity contribution in [3.63, 3.8) is 0 Å². The van der Waals surface area contributed by atoms with Crippen molar-refractivity contribution in [3.8, 4) is 0 Å². The van der Waals surface area contributed by atoms with Crippen molar-refractivity contribution in [2.75, 3.05) is 12.4 Å². The van der Waals surface area contributed by atoms with Crippen LogP contribution in [0.25, 0.3) is 0 Å². The lowest BCUT2D eigenvalue weighted by Crippen LogP contribution is -2.38. The summed E-state index contributed by atoms with van der Waals surface area (Å²) in [5.74, 6) is 0.536. The highest BCUT2D eigenvalue weighted by Gasteiger charge is 2.26. The molecule has 0 aromatic heterocycles. The first-order chi connectivity index (χ1) is 9.64. The predicted octanol–water partition coefficient (Wildman–Crippen LogP) is 3.49. The van der Waals surface area contributed by atoms with E-state index in [1.807, 2.05) is 18.2 Å². The van der Waals surface area contributed by atoms with E-state index >= 15 is 0 Å². The molecule has 2 rings (SSSR count). The average Bonchev–Trinajstić information content (AvgIpc) is 2.96. The van der Waals surface area contributed by atoms with Gasteiger partial charge in [-0.25, -0.2) is 0 Å². The summed E-state index contributed by atoms with van der Waals surface area (Å²) in [5.41, 5.74) is 2.99. The topological polar surface area (TPSA) is 38.3 Å². The summed E-state index contributed by atoms with van der Waals surface area (Å²) in [6.07, 6.45) is 1.93. The molecule has 0 saturated carbocycles. The summed E-state index contributed by atoms with van der Waals surface area (Å²) < 4.78 is 5.37. The Morgan fingerprint density at radius 2 is 2.00 bits per heavy atom. The number of benzene rings is 1. The van der Waals surface area contributed by atoms with Crippen LogP contribution in [0.15, 0.2) is 18.2 Å². The van der Waals surface area contributed by atoms with Gasteiger partial charge >= 0.3 is 0 Å². The van der Waals surface area contributed by atoms with Crippen LogP contribution in [0.5, 0.6) is 0 Å². The number of fused-ring (bicyclic) bond motifs is 1. The van der Waals surface area contributed by atoms with Crippen LogP contribution in [0.4, 0.5) is 0 Å². The first-order valence-corrected chi connectivity index (χ1v) is 7.71. The number of nitrogens with one attached hydrogen (secondary N) is 1. The Hall–Kier alpha value is -1.06. The number of halogens is 1. The molecule has 110 valence electrons. The Bertz CT molecular complexity index is 475. The molecule has 0 unspecified atom stereocenters. The highest BCUT2D eigenvalue weighted by atomic mass is 35.5. The van der Waals surface area contributed by atoms with Gasteiger partial charge in [-0.1, -0.05) is 19.9 Å². The van der Waals surface area contributed by atoms with Gasteiger partial charge in [-0.15, -0.1) is 11.6 Å². The fourth-order valence-corrected chi connectivity index (χ4v) is 2.89. The molecule has 1 N–H and O–H groups in total. The highest BCUT2D eigenvalue weighted by molar-refractivity contribution is 6.18. The van der Waals surface area contributed by atoms with Crippen molar-refractivity contribution < 1.29 is 9.53 Å². The van der Waals surface area contributed by atoms with E-state index in [4.69, 9.17) is 16.3 Å². The number of hydrogen-bond donors (Lipinski definition) is 1. The predicted molar refractivity (Wildman–Crippen MR) is 81.0 cm³/mol. The maximum absolute atomic E-state index is 12.2. The van der Waals surface area contributed by atoms with E-state index in [2.05, 4.69) is 19.2 Å². The van der Waals surface area contributed by atoms with E-state index in [1.54, 1.807) is 0 Å². The minimum absolute atomic E-state index is 0.00292. The number of alkyl halides is 1. The van der Waals surface area contributed by atoms with Crippen LogP contribution in [0.2, 0.25) is 0 Å². The van der Waals surface area contributed by atoms with Gasteiger partial charge < -0.3 is 10.1 Å². The van der Waals surface area contributed by atoms with Crippen LogP contribution in [0.1, 0.15) is 48.2 Å². The molecule has 0 atom stereocenters. The minimum Gasteiger partial charge on any atom is -0.372 e. The summed E-state index contributed by atoms with van der Waals surface area (Å²) in [7, 11) is 0. The molecule has 0 fully saturated rings. The third-order valence-corrected chi connectivity index (χ3v) is 4.96. The average molecular weight is 296 g/mol. The largest absolute Gasteiger partial charge is 0.372 e. The van der Waals surface area contributed by atoms with Gasteiger partial charge in [0, 0.05) is 23.4 Å². The number of carbonyl (C=O) groups is 1. The Morgan fingerprint density at radius 3 is 2.65 bits per heavy atom. The molecule has 1 amide bonds. The molecule has 1 aromatic rings. The number of hydrogen-bond acceptors (Lipinski definition) is 2. The van der Waals surface area contributed by atoms with Gasteiger partial charge in [-0.3, -0.25) is 4.79 Å². The van der Waals surface area contributed by atoms with Gasteiger partial charge in [0.15, 0.2) is 0 Å². The van der Waals surface area contributed by atoms with Crippen molar-refractivity contribution in [3.05, 3.63) is 34.9 Å². The van der Waals surface area contributed by atoms with Gasteiger partial charge in [0.25, 0.3) is 5.91 Å². The van der Waals surface area contributed by atoms with Gasteiger partial charge in [0.05, 0.1) is 13.2 Å². The van der Waals surface area contributed by atoms with Crippen LogP contribution < -0.4 is 5.32 Å². The normalized spacial score (nSPS) is 14.2. The summed E-state index contributed by atoms with van der Waals surface area (Å²) in [6, 6.07) is 5.77. The van der Waals surface area contributed by atoms with Crippen molar-refractivity contribution >= 4 is 17.5 Å². The standard InChI is InChI=1S/C16H22ClNO2/c1-3-16(4-2,10-17)11-18-15(19)12-5-6-13-8-20-9-14(13)7-12/h5-7H,3-4,8-11H2,1-2H3,(H,18,19). The molecular weight excluding hydrogens is 274 g/mol. The van der Waals surface area contributed by atoms with Gasteiger partial charge in [0.2, 0.25) is 0 Å². The molecule has 1 aliphatic heterocycles. The van der Waals surface area contributed by atoms with Crippen molar-refractivity contribution in [1.29, 1.82) is 0 Å². The minimum atomic E-state index is -0.0314. The molecule has 0 spiro atoms. The van der Waals surface area contributed by atoms with Crippen molar-refractivity contribution in [2.24, 2.45) is 5.41 Å². The van der Waals surface area contributed by atoms with E-state index in [0.717, 1.165) is 18.4 Å². The molecule has 20 heavy (non-hydrogen) atoms. The number of amides is 1. The van der Waals surface area contributed by atoms with Crippen molar-refractivity contribution in [2.45, 2.75) is 39.9 Å². The summed E-state index contributed by atoms with van der Waals surface area (Å²) in [6.45, 7) is 6.11. The zero-order chi connectivity index (χ0) is 14.6. The second-order valence-electron chi connectivity index (χ2n) is 5.50. The van der Waals surface area contributed by atoms with E-state index in [-0.39, 0.29) is 11.3 Å². The smallest absolute Gasteiger partial charge is 0.251 e. The lowest BCUT2D eigenvalue weighted by atomic mass is 9.84. The van der Waals surface area contributed by atoms with E-state index < -0.39 is 0 Å². The van der Waals surface area contributed by atoms with Crippen LogP contribution >= 0.6 is 11.6 Å². The first kappa shape index (κ1) is 15.3. The zero-order valence-electron chi connectivity index (χ0n) is 12.2. The van der Waals surface area contributed by atoms with Gasteiger partial charge in [0.1, 0.15) is 0 Å². The maximum atomic E-state index is 12.2. The van der Waals surface area contributed by atoms with Crippen LogP contribution in [-0.4, -0.2) is 18.3 Å². The number of carbonyl (C=O) groups excluding carboxylic acids is 1. The molecule has 0 bridgehead atoms. The molecule has 0 aliphatic carbocycles. The Morgan fingerprint density at radius 1 is 1.30 bits per heavy atom. The first-order valence-electron chi connectivity index (χ1n) is 7.18. The number of ether oxygens (including phenoxy) is 1. The van der Waals surface area contributed by atoms with Crippen molar-refractivity contribution in [1.82, 2.24) is 5.32 Å². The molecule has 1 aliphatic rings. The summed E-state index contributed by atoms with van der Waals surface area (Å²) >= 11 is 6.06. The van der Waals surface area contributed by atoms with E-state index in [9.17, 15) is 4.79 Å².